The SMILES string of the molecule is CC.CC.CC.CC(=O)C(C)c1ccccc1.CC(C)=S.Cc1ccc(/C=C\C2=CCNC3=C2CCC(c2nccn2C)=C3)c(F)c1. The number of imidazole rings is 1. The number of Topliss-reactive ketones (excluding diaryl/α,β-unsaturated/α-hetero) is 1. The lowest BCUT2D eigenvalue weighted by molar-refractivity contribution is -0.118. The molecule has 2 aliphatic rings. The number of aromatic nitrogens is 2. The van der Waals surface area contributed by atoms with Crippen molar-refractivity contribution in [3.8, 4) is 0 Å². The van der Waals surface area contributed by atoms with Gasteiger partial charge >= 0.3 is 0 Å². The third-order valence-corrected chi connectivity index (χ3v) is 6.87. The minimum Gasteiger partial charge on any atom is -0.381 e. The van der Waals surface area contributed by atoms with Crippen LogP contribution in [-0.4, -0.2) is 26.7 Å². The number of aryl methyl sites for hydroxylation is 2. The molecular formula is C41H58FN3OS. The number of carbonyl (C=O) groups excluding carboxylic acids is 1. The molecule has 1 N–H and O–H groups in total. The molecule has 47 heavy (non-hydrogen) atoms. The summed E-state index contributed by atoms with van der Waals surface area (Å²) in [7, 11) is 2.02. The summed E-state index contributed by atoms with van der Waals surface area (Å²) in [5, 5.41) is 3.46. The Kier molecular flexibility index (Phi) is 22.3. The largest absolute Gasteiger partial charge is 0.381 e. The fraction of sp³-hybridized carbons (Fsp3) is 0.390. The lowest BCUT2D eigenvalue weighted by Gasteiger charge is -2.25. The van der Waals surface area contributed by atoms with E-state index in [1.54, 1.807) is 13.0 Å². The lowest BCUT2D eigenvalue weighted by atomic mass is 9.88. The van der Waals surface area contributed by atoms with Crippen LogP contribution < -0.4 is 5.32 Å². The molecule has 0 saturated heterocycles. The molecule has 0 spiro atoms. The van der Waals surface area contributed by atoms with Gasteiger partial charge in [-0.15, -0.1) is 0 Å². The third-order valence-electron chi connectivity index (χ3n) is 6.87. The van der Waals surface area contributed by atoms with Crippen LogP contribution in [0.3, 0.4) is 0 Å². The number of dihydropyridines is 1. The molecule has 1 aliphatic heterocycles. The Labute approximate surface area is 290 Å². The number of ketones is 1. The Morgan fingerprint density at radius 2 is 1.60 bits per heavy atom. The Hall–Kier alpha value is -3.90. The molecule has 0 bridgehead atoms. The minimum absolute atomic E-state index is 0.0381. The molecule has 1 aromatic heterocycles. The van der Waals surface area contributed by atoms with E-state index in [2.05, 4.69) is 39.2 Å². The fourth-order valence-corrected chi connectivity index (χ4v) is 4.52. The van der Waals surface area contributed by atoms with Crippen molar-refractivity contribution in [3.05, 3.63) is 124 Å². The molecule has 256 valence electrons. The maximum atomic E-state index is 14.1. The van der Waals surface area contributed by atoms with Crippen LogP contribution in [0.5, 0.6) is 0 Å². The summed E-state index contributed by atoms with van der Waals surface area (Å²) >= 11 is 4.54. The van der Waals surface area contributed by atoms with E-state index in [0.717, 1.165) is 46.9 Å². The first-order valence-corrected chi connectivity index (χ1v) is 17.3. The molecule has 2 heterocycles. The van der Waals surface area contributed by atoms with Crippen LogP contribution in [0, 0.1) is 12.7 Å². The maximum absolute atomic E-state index is 14.1. The monoisotopic (exact) mass is 659 g/mol. The molecule has 0 saturated carbocycles. The summed E-state index contributed by atoms with van der Waals surface area (Å²) in [6.45, 7) is 22.0. The normalized spacial score (nSPS) is 13.3. The number of benzene rings is 2. The predicted octanol–water partition coefficient (Wildman–Crippen LogP) is 11.4. The van der Waals surface area contributed by atoms with Gasteiger partial charge in [0.15, 0.2) is 0 Å². The van der Waals surface area contributed by atoms with Gasteiger partial charge in [-0.3, -0.25) is 4.79 Å². The number of halogens is 1. The number of carbonyl (C=O) groups is 1. The zero-order valence-corrected chi connectivity index (χ0v) is 31.7. The van der Waals surface area contributed by atoms with Crippen LogP contribution in [0.2, 0.25) is 0 Å². The van der Waals surface area contributed by atoms with E-state index in [9.17, 15) is 9.18 Å². The van der Waals surface area contributed by atoms with Crippen LogP contribution >= 0.6 is 12.2 Å². The summed E-state index contributed by atoms with van der Waals surface area (Å²) in [4.78, 5) is 16.4. The maximum Gasteiger partial charge on any atom is 0.136 e. The summed E-state index contributed by atoms with van der Waals surface area (Å²) in [6.07, 6.45) is 14.0. The second-order valence-electron chi connectivity index (χ2n) is 10.5. The van der Waals surface area contributed by atoms with Gasteiger partial charge in [0, 0.05) is 43.2 Å². The van der Waals surface area contributed by atoms with E-state index in [0.29, 0.717) is 5.56 Å². The van der Waals surface area contributed by atoms with Gasteiger partial charge < -0.3 is 9.88 Å². The minimum atomic E-state index is -0.175. The molecule has 0 radical (unpaired) electrons. The molecule has 0 fully saturated rings. The van der Waals surface area contributed by atoms with Gasteiger partial charge in [-0.2, -0.15) is 0 Å². The molecular weight excluding hydrogens is 602 g/mol. The molecule has 5 rings (SSSR count). The quantitative estimate of drug-likeness (QED) is 0.277. The number of nitrogens with zero attached hydrogens (tertiary/aromatic N) is 2. The topological polar surface area (TPSA) is 46.9 Å². The van der Waals surface area contributed by atoms with Gasteiger partial charge in [-0.05, 0) is 85.4 Å². The first kappa shape index (κ1) is 43.1. The van der Waals surface area contributed by atoms with Crippen LogP contribution in [0.15, 0.2) is 96.0 Å². The number of thiocarbonyl (C=S) groups is 1. The first-order chi connectivity index (χ1) is 22.6. The van der Waals surface area contributed by atoms with Gasteiger partial charge in [-0.1, -0.05) is 121 Å². The highest BCUT2D eigenvalue weighted by Crippen LogP contribution is 2.34. The second-order valence-corrected chi connectivity index (χ2v) is 11.3. The molecule has 1 aliphatic carbocycles. The zero-order chi connectivity index (χ0) is 35.9. The van der Waals surface area contributed by atoms with Crippen molar-refractivity contribution in [1.82, 2.24) is 14.9 Å². The zero-order valence-electron chi connectivity index (χ0n) is 30.9. The van der Waals surface area contributed by atoms with Gasteiger partial charge in [0.2, 0.25) is 0 Å². The van der Waals surface area contributed by atoms with Gasteiger partial charge in [0.1, 0.15) is 17.4 Å². The van der Waals surface area contributed by atoms with Crippen molar-refractivity contribution < 1.29 is 9.18 Å². The smallest absolute Gasteiger partial charge is 0.136 e. The van der Waals surface area contributed by atoms with Crippen molar-refractivity contribution in [3.63, 3.8) is 0 Å². The number of rotatable bonds is 5. The molecule has 4 nitrogen and oxygen atoms in total. The van der Waals surface area contributed by atoms with Crippen molar-refractivity contribution in [2.24, 2.45) is 7.05 Å². The van der Waals surface area contributed by atoms with E-state index >= 15 is 0 Å². The van der Waals surface area contributed by atoms with Gasteiger partial charge in [0.25, 0.3) is 0 Å². The predicted molar refractivity (Wildman–Crippen MR) is 207 cm³/mol. The van der Waals surface area contributed by atoms with Crippen LogP contribution in [-0.2, 0) is 11.8 Å². The molecule has 1 atom stereocenters. The van der Waals surface area contributed by atoms with E-state index in [1.165, 1.54) is 16.7 Å². The van der Waals surface area contributed by atoms with Gasteiger partial charge in [-0.25, -0.2) is 9.37 Å². The Morgan fingerprint density at radius 3 is 2.13 bits per heavy atom. The third kappa shape index (κ3) is 15.0. The number of hydrogen-bond acceptors (Lipinski definition) is 4. The number of hydrogen-bond donors (Lipinski definition) is 1. The van der Waals surface area contributed by atoms with Crippen LogP contribution in [0.25, 0.3) is 11.6 Å². The van der Waals surface area contributed by atoms with Gasteiger partial charge in [0.05, 0.1) is 0 Å². The molecule has 0 amide bonds. The van der Waals surface area contributed by atoms with Crippen LogP contribution in [0.1, 0.15) is 111 Å². The second kappa shape index (κ2) is 24.3. The summed E-state index contributed by atoms with van der Waals surface area (Å²) < 4.78 is 16.1. The number of allylic oxidation sites excluding steroid dienone is 5. The Morgan fingerprint density at radius 1 is 0.979 bits per heavy atom. The van der Waals surface area contributed by atoms with Crippen LogP contribution in [0.4, 0.5) is 4.39 Å². The molecule has 6 heteroatoms. The highest BCUT2D eigenvalue weighted by molar-refractivity contribution is 7.80. The first-order valence-electron chi connectivity index (χ1n) is 16.9. The van der Waals surface area contributed by atoms with Crippen molar-refractivity contribution >= 4 is 34.5 Å². The average Bonchev–Trinajstić information content (AvgIpc) is 3.52. The Balaban J connectivity index is 0.000000839. The number of nitrogens with one attached hydrogen (secondary N) is 1. The molecule has 2 aromatic carbocycles. The summed E-state index contributed by atoms with van der Waals surface area (Å²) in [5.41, 5.74) is 7.52. The average molecular weight is 660 g/mol. The van der Waals surface area contributed by atoms with Crippen molar-refractivity contribution in [2.45, 2.75) is 94.9 Å². The highest BCUT2D eigenvalue weighted by Gasteiger charge is 2.20. The van der Waals surface area contributed by atoms with Crippen molar-refractivity contribution in [2.75, 3.05) is 6.54 Å². The van der Waals surface area contributed by atoms with E-state index < -0.39 is 0 Å². The highest BCUT2D eigenvalue weighted by atomic mass is 32.1. The lowest BCUT2D eigenvalue weighted by Crippen LogP contribution is -2.21. The molecule has 3 aromatic rings. The molecule has 1 unspecified atom stereocenters. The van der Waals surface area contributed by atoms with E-state index in [-0.39, 0.29) is 17.5 Å². The summed E-state index contributed by atoms with van der Waals surface area (Å²) in [6, 6.07) is 15.2. The fourth-order valence-electron chi connectivity index (χ4n) is 4.52. The standard InChI is InChI=1S/C22H22FN3.C10H12O.C3H6S.3C2H6/c1-15-3-4-17(20(23)13-15)6-5-16-9-10-24-21-14-18(7-8-19(16)21)22-25-11-12-26(22)2;1-8(9(2)11)10-6-4-3-5-7-10;1-3(2)4;3*1-2/h3-6,9,11-14,24H,7-8,10H2,1-2H3;3-8H,1-2H3;1-2H3;3*1-2H3/b6-5-;;;;;. The Bertz CT molecular complexity index is 1490. The van der Waals surface area contributed by atoms with E-state index in [4.69, 9.17) is 0 Å². The summed E-state index contributed by atoms with van der Waals surface area (Å²) in [5.74, 6) is 1.10. The van der Waals surface area contributed by atoms with E-state index in [1.807, 2.05) is 143 Å². The van der Waals surface area contributed by atoms with Crippen molar-refractivity contribution in [1.29, 1.82) is 0 Å².